The third-order valence-electron chi connectivity index (χ3n) is 3.63. The summed E-state index contributed by atoms with van der Waals surface area (Å²) in [5.74, 6) is 0.751. The second kappa shape index (κ2) is 7.74. The van der Waals surface area contributed by atoms with E-state index in [1.54, 1.807) is 0 Å². The van der Waals surface area contributed by atoms with Gasteiger partial charge in [-0.15, -0.1) is 0 Å². The zero-order valence-corrected chi connectivity index (χ0v) is 16.0. The van der Waals surface area contributed by atoms with Gasteiger partial charge < -0.3 is 4.74 Å². The SMILES string of the molecule is COc1ccc(S(=O)(=O)NCc2ccc(C(C)C)cc2)c(Cl)c1Cl. The lowest BCUT2D eigenvalue weighted by molar-refractivity contribution is 0.414. The highest BCUT2D eigenvalue weighted by molar-refractivity contribution is 7.89. The molecule has 0 radical (unpaired) electrons. The summed E-state index contributed by atoms with van der Waals surface area (Å²) >= 11 is 12.1. The lowest BCUT2D eigenvalue weighted by atomic mass is 10.0. The molecule has 2 aromatic carbocycles. The number of methoxy groups -OCH3 is 1. The van der Waals surface area contributed by atoms with Gasteiger partial charge in [0.05, 0.1) is 12.1 Å². The molecule has 24 heavy (non-hydrogen) atoms. The van der Waals surface area contributed by atoms with Gasteiger partial charge in [0.25, 0.3) is 0 Å². The largest absolute Gasteiger partial charge is 0.495 e. The first-order valence-corrected chi connectivity index (χ1v) is 9.60. The smallest absolute Gasteiger partial charge is 0.242 e. The van der Waals surface area contributed by atoms with Crippen LogP contribution in [0.2, 0.25) is 10.0 Å². The van der Waals surface area contributed by atoms with Gasteiger partial charge in [-0.1, -0.05) is 61.3 Å². The molecule has 0 aliphatic rings. The summed E-state index contributed by atoms with van der Waals surface area (Å²) in [7, 11) is -2.35. The maximum atomic E-state index is 12.5. The topological polar surface area (TPSA) is 55.4 Å². The molecule has 0 unspecified atom stereocenters. The zero-order valence-electron chi connectivity index (χ0n) is 13.6. The Labute approximate surface area is 152 Å². The number of ether oxygens (including phenoxy) is 1. The lowest BCUT2D eigenvalue weighted by Gasteiger charge is -2.12. The predicted octanol–water partition coefficient (Wildman–Crippen LogP) is 4.60. The molecule has 2 rings (SSSR count). The van der Waals surface area contributed by atoms with Crippen LogP contribution in [-0.2, 0) is 16.6 Å². The Kier molecular flexibility index (Phi) is 6.15. The van der Waals surface area contributed by atoms with Crippen molar-refractivity contribution < 1.29 is 13.2 Å². The highest BCUT2D eigenvalue weighted by atomic mass is 35.5. The van der Waals surface area contributed by atoms with Crippen LogP contribution in [0.25, 0.3) is 0 Å². The van der Waals surface area contributed by atoms with Crippen LogP contribution < -0.4 is 9.46 Å². The molecular weight excluding hydrogens is 369 g/mol. The Hall–Kier alpha value is -1.27. The summed E-state index contributed by atoms with van der Waals surface area (Å²) in [5, 5.41) is 0.0157. The molecule has 0 atom stereocenters. The number of benzene rings is 2. The highest BCUT2D eigenvalue weighted by Crippen LogP contribution is 2.36. The molecule has 2 aromatic rings. The van der Waals surface area contributed by atoms with Gasteiger partial charge in [0.2, 0.25) is 10.0 Å². The van der Waals surface area contributed by atoms with E-state index in [0.717, 1.165) is 5.56 Å². The molecule has 0 amide bonds. The summed E-state index contributed by atoms with van der Waals surface area (Å²) < 4.78 is 32.5. The van der Waals surface area contributed by atoms with E-state index in [4.69, 9.17) is 27.9 Å². The normalized spacial score (nSPS) is 11.8. The second-order valence-electron chi connectivity index (χ2n) is 5.61. The van der Waals surface area contributed by atoms with Gasteiger partial charge >= 0.3 is 0 Å². The van der Waals surface area contributed by atoms with Gasteiger partial charge in [0, 0.05) is 6.54 Å². The van der Waals surface area contributed by atoms with Crippen LogP contribution >= 0.6 is 23.2 Å². The molecule has 130 valence electrons. The lowest BCUT2D eigenvalue weighted by Crippen LogP contribution is -2.23. The maximum Gasteiger partial charge on any atom is 0.242 e. The summed E-state index contributed by atoms with van der Waals surface area (Å²) in [6, 6.07) is 10.6. The van der Waals surface area contributed by atoms with Gasteiger partial charge in [-0.05, 0) is 29.2 Å². The van der Waals surface area contributed by atoms with Gasteiger partial charge in [-0.3, -0.25) is 0 Å². The molecule has 0 saturated carbocycles. The number of sulfonamides is 1. The standard InChI is InChI=1S/C17H19Cl2NO3S/c1-11(2)13-6-4-12(5-7-13)10-20-24(21,22)15-9-8-14(23-3)16(18)17(15)19/h4-9,11,20H,10H2,1-3H3. The molecule has 0 spiro atoms. The fraction of sp³-hybridized carbons (Fsp3) is 0.294. The highest BCUT2D eigenvalue weighted by Gasteiger charge is 2.21. The average molecular weight is 388 g/mol. The summed E-state index contributed by atoms with van der Waals surface area (Å²) in [6.07, 6.45) is 0. The van der Waals surface area contributed by atoms with Crippen molar-refractivity contribution in [2.24, 2.45) is 0 Å². The second-order valence-corrected chi connectivity index (χ2v) is 8.11. The fourth-order valence-corrected chi connectivity index (χ4v) is 4.01. The van der Waals surface area contributed by atoms with Crippen LogP contribution in [0, 0.1) is 0 Å². The van der Waals surface area contributed by atoms with Crippen molar-refractivity contribution in [2.75, 3.05) is 7.11 Å². The molecule has 0 fully saturated rings. The van der Waals surface area contributed by atoms with Crippen molar-refractivity contribution in [3.8, 4) is 5.75 Å². The van der Waals surface area contributed by atoms with Crippen molar-refractivity contribution in [3.05, 3.63) is 57.6 Å². The molecule has 0 bridgehead atoms. The molecule has 0 aromatic heterocycles. The summed E-state index contributed by atoms with van der Waals surface area (Å²) in [4.78, 5) is -0.0752. The minimum atomic E-state index is -3.79. The number of halogens is 2. The maximum absolute atomic E-state index is 12.5. The first-order chi connectivity index (χ1) is 11.3. The third kappa shape index (κ3) is 4.22. The Balaban J connectivity index is 2.18. The van der Waals surface area contributed by atoms with Crippen LogP contribution in [-0.4, -0.2) is 15.5 Å². The Bertz CT molecular complexity index is 818. The van der Waals surface area contributed by atoms with Crippen molar-refractivity contribution in [2.45, 2.75) is 31.2 Å². The van der Waals surface area contributed by atoms with Crippen molar-refractivity contribution >= 4 is 33.2 Å². The first kappa shape index (κ1) is 19.1. The van der Waals surface area contributed by atoms with Gasteiger partial charge in [-0.25, -0.2) is 13.1 Å². The van der Waals surface area contributed by atoms with E-state index in [-0.39, 0.29) is 21.5 Å². The molecule has 0 aliphatic heterocycles. The van der Waals surface area contributed by atoms with Crippen molar-refractivity contribution in [3.63, 3.8) is 0 Å². The first-order valence-electron chi connectivity index (χ1n) is 7.36. The van der Waals surface area contributed by atoms with Crippen LogP contribution in [0.1, 0.15) is 30.9 Å². The molecular formula is C17H19Cl2NO3S. The van der Waals surface area contributed by atoms with Gasteiger partial charge in [0.15, 0.2) is 0 Å². The fourth-order valence-electron chi connectivity index (χ4n) is 2.16. The summed E-state index contributed by atoms with van der Waals surface area (Å²) in [6.45, 7) is 4.38. The molecule has 1 N–H and O–H groups in total. The summed E-state index contributed by atoms with van der Waals surface area (Å²) in [5.41, 5.74) is 2.06. The van der Waals surface area contributed by atoms with E-state index in [0.29, 0.717) is 11.7 Å². The van der Waals surface area contributed by atoms with E-state index >= 15 is 0 Å². The Morgan fingerprint density at radius 2 is 1.67 bits per heavy atom. The molecule has 0 saturated heterocycles. The number of hydrogen-bond donors (Lipinski definition) is 1. The number of rotatable bonds is 6. The molecule has 0 aliphatic carbocycles. The third-order valence-corrected chi connectivity index (χ3v) is 6.05. The van der Waals surface area contributed by atoms with E-state index < -0.39 is 10.0 Å². The molecule has 0 heterocycles. The van der Waals surface area contributed by atoms with E-state index in [1.165, 1.54) is 24.8 Å². The van der Waals surface area contributed by atoms with Gasteiger partial charge in [-0.2, -0.15) is 0 Å². The van der Waals surface area contributed by atoms with Gasteiger partial charge in [0.1, 0.15) is 15.7 Å². The average Bonchev–Trinajstić information content (AvgIpc) is 2.55. The van der Waals surface area contributed by atoms with E-state index in [1.807, 2.05) is 24.3 Å². The van der Waals surface area contributed by atoms with Crippen molar-refractivity contribution in [1.82, 2.24) is 4.72 Å². The quantitative estimate of drug-likeness (QED) is 0.787. The Morgan fingerprint density at radius 3 is 2.21 bits per heavy atom. The molecule has 4 nitrogen and oxygen atoms in total. The van der Waals surface area contributed by atoms with Crippen LogP contribution in [0.5, 0.6) is 5.75 Å². The number of nitrogens with one attached hydrogen (secondary N) is 1. The minimum absolute atomic E-state index is 0.0568. The van der Waals surface area contributed by atoms with E-state index in [9.17, 15) is 8.42 Å². The number of hydrogen-bond acceptors (Lipinski definition) is 3. The van der Waals surface area contributed by atoms with Crippen LogP contribution in [0.4, 0.5) is 0 Å². The Morgan fingerprint density at radius 1 is 1.04 bits per heavy atom. The van der Waals surface area contributed by atoms with Crippen LogP contribution in [0.3, 0.4) is 0 Å². The monoisotopic (exact) mass is 387 g/mol. The van der Waals surface area contributed by atoms with Crippen molar-refractivity contribution in [1.29, 1.82) is 0 Å². The van der Waals surface area contributed by atoms with Crippen LogP contribution in [0.15, 0.2) is 41.3 Å². The minimum Gasteiger partial charge on any atom is -0.495 e. The zero-order chi connectivity index (χ0) is 17.9. The predicted molar refractivity (Wildman–Crippen MR) is 97.6 cm³/mol. The molecule has 7 heteroatoms. The van der Waals surface area contributed by atoms with E-state index in [2.05, 4.69) is 18.6 Å².